The van der Waals surface area contributed by atoms with Crippen molar-refractivity contribution in [1.29, 1.82) is 0 Å². The average Bonchev–Trinajstić information content (AvgIpc) is 2.70. The molecule has 4 heteroatoms. The highest BCUT2D eigenvalue weighted by molar-refractivity contribution is 6.30. The quantitative estimate of drug-likeness (QED) is 0.868. The predicted molar refractivity (Wildman–Crippen MR) is 65.5 cm³/mol. The molecule has 1 saturated heterocycles. The predicted octanol–water partition coefficient (Wildman–Crippen LogP) is 2.85. The largest absolute Gasteiger partial charge is 0.496 e. The van der Waals surface area contributed by atoms with Crippen molar-refractivity contribution < 1.29 is 4.74 Å². The number of hydrogen-bond acceptors (Lipinski definition) is 2. The molecule has 2 nitrogen and oxygen atoms in total. The van der Waals surface area contributed by atoms with Gasteiger partial charge < -0.3 is 10.1 Å². The Bertz CT molecular complexity index is 324. The molecule has 1 unspecified atom stereocenters. The van der Waals surface area contributed by atoms with Crippen molar-refractivity contribution in [3.63, 3.8) is 0 Å². The highest BCUT2D eigenvalue weighted by atomic mass is 35.5. The van der Waals surface area contributed by atoms with Gasteiger partial charge in [-0.3, -0.25) is 0 Å². The zero-order valence-corrected chi connectivity index (χ0v) is 10.2. The van der Waals surface area contributed by atoms with Crippen molar-refractivity contribution in [1.82, 2.24) is 5.32 Å². The standard InChI is InChI=1S/C11H14ClNO.ClH/c1-14-11-6-9(12)2-3-10(11)8-4-5-13-7-8;/h2-3,6,8,13H,4-5,7H2,1H3;1H. The van der Waals surface area contributed by atoms with E-state index in [1.165, 1.54) is 12.0 Å². The summed E-state index contributed by atoms with van der Waals surface area (Å²) < 4.78 is 5.33. The molecule has 0 amide bonds. The Balaban J connectivity index is 0.00000112. The fourth-order valence-corrected chi connectivity index (χ4v) is 2.10. The second-order valence-corrected chi connectivity index (χ2v) is 4.01. The SMILES string of the molecule is COc1cc(Cl)ccc1C1CCNC1.Cl. The molecular weight excluding hydrogens is 233 g/mol. The van der Waals surface area contributed by atoms with Crippen LogP contribution in [0.25, 0.3) is 0 Å². The summed E-state index contributed by atoms with van der Waals surface area (Å²) in [5.74, 6) is 1.48. The van der Waals surface area contributed by atoms with Gasteiger partial charge in [-0.2, -0.15) is 0 Å². The van der Waals surface area contributed by atoms with Gasteiger partial charge in [-0.1, -0.05) is 17.7 Å². The van der Waals surface area contributed by atoms with Crippen LogP contribution >= 0.6 is 24.0 Å². The molecular formula is C11H15Cl2NO. The van der Waals surface area contributed by atoms with Crippen LogP contribution in [0, 0.1) is 0 Å². The number of nitrogens with one attached hydrogen (secondary N) is 1. The summed E-state index contributed by atoms with van der Waals surface area (Å²) in [4.78, 5) is 0. The van der Waals surface area contributed by atoms with Crippen LogP contribution in [0.2, 0.25) is 5.02 Å². The minimum atomic E-state index is 0. The third-order valence-electron chi connectivity index (χ3n) is 2.70. The molecule has 0 aliphatic carbocycles. The molecule has 0 aromatic heterocycles. The van der Waals surface area contributed by atoms with Gasteiger partial charge in [0, 0.05) is 17.5 Å². The van der Waals surface area contributed by atoms with Gasteiger partial charge >= 0.3 is 0 Å². The third kappa shape index (κ3) is 2.77. The normalized spacial score (nSPS) is 19.7. The minimum absolute atomic E-state index is 0. The first-order valence-electron chi connectivity index (χ1n) is 4.85. The number of hydrogen-bond donors (Lipinski definition) is 1. The molecule has 0 saturated carbocycles. The Morgan fingerprint density at radius 1 is 1.47 bits per heavy atom. The molecule has 1 atom stereocenters. The monoisotopic (exact) mass is 247 g/mol. The van der Waals surface area contributed by atoms with Gasteiger partial charge in [0.15, 0.2) is 0 Å². The molecule has 0 radical (unpaired) electrons. The smallest absolute Gasteiger partial charge is 0.123 e. The number of ether oxygens (including phenoxy) is 1. The topological polar surface area (TPSA) is 21.3 Å². The molecule has 1 aliphatic heterocycles. The highest BCUT2D eigenvalue weighted by Gasteiger charge is 2.19. The molecule has 1 aromatic carbocycles. The first kappa shape index (κ1) is 12.6. The molecule has 1 aromatic rings. The molecule has 15 heavy (non-hydrogen) atoms. The zero-order valence-electron chi connectivity index (χ0n) is 8.63. The summed E-state index contributed by atoms with van der Waals surface area (Å²) in [5.41, 5.74) is 1.27. The van der Waals surface area contributed by atoms with E-state index in [0.717, 1.165) is 23.9 Å². The summed E-state index contributed by atoms with van der Waals surface area (Å²) >= 11 is 5.91. The summed E-state index contributed by atoms with van der Waals surface area (Å²) in [6.45, 7) is 2.13. The van der Waals surface area contributed by atoms with Crippen LogP contribution in [-0.2, 0) is 0 Å². The van der Waals surface area contributed by atoms with Crippen LogP contribution < -0.4 is 10.1 Å². The number of rotatable bonds is 2. The zero-order chi connectivity index (χ0) is 9.97. The lowest BCUT2D eigenvalue weighted by atomic mass is 9.97. The lowest BCUT2D eigenvalue weighted by molar-refractivity contribution is 0.406. The third-order valence-corrected chi connectivity index (χ3v) is 2.93. The maximum Gasteiger partial charge on any atom is 0.123 e. The van der Waals surface area contributed by atoms with Crippen LogP contribution in [0.15, 0.2) is 18.2 Å². The summed E-state index contributed by atoms with van der Waals surface area (Å²) in [5, 5.41) is 4.08. The first-order chi connectivity index (χ1) is 6.81. The molecule has 0 spiro atoms. The lowest BCUT2D eigenvalue weighted by Crippen LogP contribution is -2.08. The maximum absolute atomic E-state index is 5.91. The lowest BCUT2D eigenvalue weighted by Gasteiger charge is -2.13. The van der Waals surface area contributed by atoms with Crippen molar-refractivity contribution in [2.24, 2.45) is 0 Å². The molecule has 84 valence electrons. The van der Waals surface area contributed by atoms with Crippen LogP contribution in [0.3, 0.4) is 0 Å². The highest BCUT2D eigenvalue weighted by Crippen LogP contribution is 2.32. The molecule has 1 aliphatic rings. The van der Waals surface area contributed by atoms with Gasteiger partial charge in [0.2, 0.25) is 0 Å². The van der Waals surface area contributed by atoms with Crippen LogP contribution in [0.4, 0.5) is 0 Å². The van der Waals surface area contributed by atoms with Gasteiger partial charge in [0.1, 0.15) is 5.75 Å². The van der Waals surface area contributed by atoms with Gasteiger partial charge in [-0.15, -0.1) is 12.4 Å². The molecule has 1 heterocycles. The Morgan fingerprint density at radius 3 is 2.87 bits per heavy atom. The van der Waals surface area contributed by atoms with Crippen molar-refractivity contribution in [3.8, 4) is 5.75 Å². The van der Waals surface area contributed by atoms with E-state index in [9.17, 15) is 0 Å². The Labute approximate surface area is 101 Å². The Kier molecular flexibility index (Phi) is 4.71. The van der Waals surface area contributed by atoms with E-state index in [4.69, 9.17) is 16.3 Å². The van der Waals surface area contributed by atoms with Crippen molar-refractivity contribution in [3.05, 3.63) is 28.8 Å². The van der Waals surface area contributed by atoms with Crippen LogP contribution in [0.1, 0.15) is 17.9 Å². The molecule has 1 fully saturated rings. The minimum Gasteiger partial charge on any atom is -0.496 e. The summed E-state index contributed by atoms with van der Waals surface area (Å²) in [6.07, 6.45) is 1.18. The summed E-state index contributed by atoms with van der Waals surface area (Å²) in [6, 6.07) is 5.88. The fourth-order valence-electron chi connectivity index (χ4n) is 1.94. The van der Waals surface area contributed by atoms with Crippen molar-refractivity contribution in [2.45, 2.75) is 12.3 Å². The van der Waals surface area contributed by atoms with E-state index in [-0.39, 0.29) is 12.4 Å². The number of benzene rings is 1. The Hall–Kier alpha value is -0.440. The van der Waals surface area contributed by atoms with E-state index < -0.39 is 0 Å². The van der Waals surface area contributed by atoms with Crippen LogP contribution in [-0.4, -0.2) is 20.2 Å². The second-order valence-electron chi connectivity index (χ2n) is 3.58. The van der Waals surface area contributed by atoms with E-state index in [2.05, 4.69) is 11.4 Å². The number of halogens is 2. The van der Waals surface area contributed by atoms with E-state index >= 15 is 0 Å². The maximum atomic E-state index is 5.91. The van der Waals surface area contributed by atoms with Gasteiger partial charge in [-0.05, 0) is 30.7 Å². The van der Waals surface area contributed by atoms with Gasteiger partial charge in [0.25, 0.3) is 0 Å². The molecule has 2 rings (SSSR count). The van der Waals surface area contributed by atoms with Crippen LogP contribution in [0.5, 0.6) is 5.75 Å². The first-order valence-corrected chi connectivity index (χ1v) is 5.23. The summed E-state index contributed by atoms with van der Waals surface area (Å²) in [7, 11) is 1.69. The average molecular weight is 248 g/mol. The molecule has 1 N–H and O–H groups in total. The van der Waals surface area contributed by atoms with E-state index in [0.29, 0.717) is 5.92 Å². The second kappa shape index (κ2) is 5.59. The fraction of sp³-hybridized carbons (Fsp3) is 0.455. The Morgan fingerprint density at radius 2 is 2.27 bits per heavy atom. The van der Waals surface area contributed by atoms with E-state index in [1.54, 1.807) is 7.11 Å². The van der Waals surface area contributed by atoms with Crippen molar-refractivity contribution in [2.75, 3.05) is 20.2 Å². The van der Waals surface area contributed by atoms with Gasteiger partial charge in [-0.25, -0.2) is 0 Å². The molecule has 0 bridgehead atoms. The van der Waals surface area contributed by atoms with E-state index in [1.807, 2.05) is 12.1 Å². The van der Waals surface area contributed by atoms with Gasteiger partial charge in [0.05, 0.1) is 7.11 Å². The number of methoxy groups -OCH3 is 1. The van der Waals surface area contributed by atoms with Crippen molar-refractivity contribution >= 4 is 24.0 Å².